The van der Waals surface area contributed by atoms with Crippen molar-refractivity contribution in [3.05, 3.63) is 53.0 Å². The van der Waals surface area contributed by atoms with Gasteiger partial charge in [-0.1, -0.05) is 48.2 Å². The van der Waals surface area contributed by atoms with Crippen LogP contribution in [0.5, 0.6) is 11.5 Å². The largest absolute Gasteiger partial charge is 0.494 e. The molecular formula is C20H24BrNO3. The Kier molecular flexibility index (Phi) is 8.32. The topological polar surface area (TPSA) is 47.6 Å². The Morgan fingerprint density at radius 3 is 2.56 bits per heavy atom. The van der Waals surface area contributed by atoms with Crippen LogP contribution in [0.1, 0.15) is 32.6 Å². The highest BCUT2D eigenvalue weighted by atomic mass is 79.9. The van der Waals surface area contributed by atoms with Crippen molar-refractivity contribution in [1.29, 1.82) is 0 Å². The van der Waals surface area contributed by atoms with Gasteiger partial charge in [-0.25, -0.2) is 0 Å². The minimum atomic E-state index is -0.206. The van der Waals surface area contributed by atoms with Crippen molar-refractivity contribution in [3.8, 4) is 11.5 Å². The van der Waals surface area contributed by atoms with E-state index in [9.17, 15) is 4.79 Å². The molecule has 0 aromatic heterocycles. The number of halogens is 1. The number of hydrogen-bond donors (Lipinski definition) is 1. The van der Waals surface area contributed by atoms with E-state index in [-0.39, 0.29) is 12.5 Å². The van der Waals surface area contributed by atoms with E-state index in [4.69, 9.17) is 9.47 Å². The zero-order valence-corrected chi connectivity index (χ0v) is 16.1. The van der Waals surface area contributed by atoms with Gasteiger partial charge in [0.2, 0.25) is 0 Å². The second-order valence-corrected chi connectivity index (χ2v) is 6.64. The van der Waals surface area contributed by atoms with E-state index in [2.05, 4.69) is 28.2 Å². The molecule has 25 heavy (non-hydrogen) atoms. The first kappa shape index (κ1) is 19.3. The lowest BCUT2D eigenvalue weighted by Crippen LogP contribution is -2.20. The number of nitrogens with one attached hydrogen (secondary N) is 1. The summed E-state index contributed by atoms with van der Waals surface area (Å²) in [6.45, 7) is 2.85. The maximum Gasteiger partial charge on any atom is 0.262 e. The summed E-state index contributed by atoms with van der Waals surface area (Å²) in [6.07, 6.45) is 4.67. The van der Waals surface area contributed by atoms with Crippen LogP contribution in [0.15, 0.2) is 53.0 Å². The first-order valence-corrected chi connectivity index (χ1v) is 9.38. The zero-order valence-electron chi connectivity index (χ0n) is 14.5. The van der Waals surface area contributed by atoms with Crippen molar-refractivity contribution in [2.75, 3.05) is 18.5 Å². The van der Waals surface area contributed by atoms with Crippen LogP contribution < -0.4 is 14.8 Å². The van der Waals surface area contributed by atoms with Crippen LogP contribution in [0.3, 0.4) is 0 Å². The number of amides is 1. The van der Waals surface area contributed by atoms with Crippen LogP contribution in [-0.2, 0) is 4.79 Å². The highest BCUT2D eigenvalue weighted by molar-refractivity contribution is 9.10. The predicted octanol–water partition coefficient (Wildman–Crippen LogP) is 5.43. The third-order valence-corrected chi connectivity index (χ3v) is 4.10. The van der Waals surface area contributed by atoms with E-state index < -0.39 is 0 Å². The molecule has 0 aliphatic carbocycles. The first-order valence-electron chi connectivity index (χ1n) is 8.58. The van der Waals surface area contributed by atoms with Crippen LogP contribution in [0.25, 0.3) is 0 Å². The van der Waals surface area contributed by atoms with Gasteiger partial charge in [-0.05, 0) is 42.8 Å². The van der Waals surface area contributed by atoms with Gasteiger partial charge in [0.15, 0.2) is 6.61 Å². The molecule has 0 saturated carbocycles. The summed E-state index contributed by atoms with van der Waals surface area (Å²) >= 11 is 3.36. The van der Waals surface area contributed by atoms with E-state index >= 15 is 0 Å². The molecule has 2 aromatic carbocycles. The molecule has 0 bridgehead atoms. The number of carbonyl (C=O) groups excluding carboxylic acids is 1. The molecule has 5 heteroatoms. The normalized spacial score (nSPS) is 10.3. The smallest absolute Gasteiger partial charge is 0.262 e. The van der Waals surface area contributed by atoms with Gasteiger partial charge in [0.25, 0.3) is 5.91 Å². The standard InChI is InChI=1S/C20H24BrNO3/c1-2-3-4-5-13-24-19-8-6-7-17(14-19)22-20(23)15-25-18-11-9-16(21)10-12-18/h6-12,14H,2-5,13,15H2,1H3,(H,22,23). The fourth-order valence-corrected chi connectivity index (χ4v) is 2.52. The maximum atomic E-state index is 12.0. The summed E-state index contributed by atoms with van der Waals surface area (Å²) in [7, 11) is 0. The Morgan fingerprint density at radius 1 is 1.00 bits per heavy atom. The summed E-state index contributed by atoms with van der Waals surface area (Å²) in [6, 6.07) is 14.8. The number of anilines is 1. The van der Waals surface area contributed by atoms with Crippen molar-refractivity contribution < 1.29 is 14.3 Å². The maximum absolute atomic E-state index is 12.0. The highest BCUT2D eigenvalue weighted by Crippen LogP contribution is 2.19. The van der Waals surface area contributed by atoms with Crippen LogP contribution in [0.4, 0.5) is 5.69 Å². The molecule has 1 N–H and O–H groups in total. The SMILES string of the molecule is CCCCCCOc1cccc(NC(=O)COc2ccc(Br)cc2)c1. The van der Waals surface area contributed by atoms with Gasteiger partial charge in [-0.3, -0.25) is 4.79 Å². The third kappa shape index (κ3) is 7.61. The van der Waals surface area contributed by atoms with Gasteiger partial charge in [0.1, 0.15) is 11.5 Å². The monoisotopic (exact) mass is 405 g/mol. The van der Waals surface area contributed by atoms with Crippen LogP contribution in [0, 0.1) is 0 Å². The molecule has 0 aliphatic heterocycles. The molecule has 1 amide bonds. The van der Waals surface area contributed by atoms with E-state index in [1.165, 1.54) is 19.3 Å². The van der Waals surface area contributed by atoms with Crippen LogP contribution >= 0.6 is 15.9 Å². The van der Waals surface area contributed by atoms with Gasteiger partial charge in [0.05, 0.1) is 6.61 Å². The van der Waals surface area contributed by atoms with Crippen LogP contribution in [-0.4, -0.2) is 19.1 Å². The molecule has 0 heterocycles. The first-order chi connectivity index (χ1) is 12.2. The molecular weight excluding hydrogens is 382 g/mol. The van der Waals surface area contributed by atoms with Gasteiger partial charge >= 0.3 is 0 Å². The Hall–Kier alpha value is -2.01. The highest BCUT2D eigenvalue weighted by Gasteiger charge is 2.05. The molecule has 2 rings (SSSR count). The number of ether oxygens (including phenoxy) is 2. The lowest BCUT2D eigenvalue weighted by Gasteiger charge is -2.10. The molecule has 2 aromatic rings. The van der Waals surface area contributed by atoms with Crippen molar-refractivity contribution in [2.45, 2.75) is 32.6 Å². The Morgan fingerprint density at radius 2 is 1.80 bits per heavy atom. The van der Waals surface area contributed by atoms with Crippen molar-refractivity contribution in [3.63, 3.8) is 0 Å². The molecule has 0 saturated heterocycles. The van der Waals surface area contributed by atoms with Gasteiger partial charge < -0.3 is 14.8 Å². The molecule has 0 unspecified atom stereocenters. The quantitative estimate of drug-likeness (QED) is 0.536. The molecule has 0 atom stereocenters. The minimum Gasteiger partial charge on any atom is -0.494 e. The molecule has 0 spiro atoms. The fourth-order valence-electron chi connectivity index (χ4n) is 2.26. The van der Waals surface area contributed by atoms with E-state index in [1.807, 2.05) is 48.5 Å². The second kappa shape index (κ2) is 10.8. The Balaban J connectivity index is 1.76. The lowest BCUT2D eigenvalue weighted by molar-refractivity contribution is -0.118. The predicted molar refractivity (Wildman–Crippen MR) is 104 cm³/mol. The molecule has 0 aliphatic rings. The average Bonchev–Trinajstić information content (AvgIpc) is 2.61. The van der Waals surface area contributed by atoms with Gasteiger partial charge in [0, 0.05) is 16.2 Å². The second-order valence-electron chi connectivity index (χ2n) is 5.73. The fraction of sp³-hybridized carbons (Fsp3) is 0.350. The summed E-state index contributed by atoms with van der Waals surface area (Å²) in [5.74, 6) is 1.22. The van der Waals surface area contributed by atoms with E-state index in [1.54, 1.807) is 0 Å². The number of benzene rings is 2. The Labute approximate surface area is 157 Å². The third-order valence-electron chi connectivity index (χ3n) is 3.57. The van der Waals surface area contributed by atoms with Gasteiger partial charge in [-0.2, -0.15) is 0 Å². The lowest BCUT2D eigenvalue weighted by atomic mass is 10.2. The average molecular weight is 406 g/mol. The summed E-state index contributed by atoms with van der Waals surface area (Å²) in [4.78, 5) is 12.0. The molecule has 0 radical (unpaired) electrons. The number of unbranched alkanes of at least 4 members (excludes halogenated alkanes) is 3. The van der Waals surface area contributed by atoms with Crippen LogP contribution in [0.2, 0.25) is 0 Å². The zero-order chi connectivity index (χ0) is 17.9. The summed E-state index contributed by atoms with van der Waals surface area (Å²) < 4.78 is 12.2. The minimum absolute atomic E-state index is 0.0380. The Bertz CT molecular complexity index is 658. The molecule has 4 nitrogen and oxygen atoms in total. The van der Waals surface area contributed by atoms with Gasteiger partial charge in [-0.15, -0.1) is 0 Å². The summed E-state index contributed by atoms with van der Waals surface area (Å²) in [5.41, 5.74) is 0.704. The van der Waals surface area contributed by atoms with Crippen molar-refractivity contribution in [2.24, 2.45) is 0 Å². The number of rotatable bonds is 10. The molecule has 134 valence electrons. The van der Waals surface area contributed by atoms with E-state index in [0.717, 1.165) is 16.6 Å². The van der Waals surface area contributed by atoms with E-state index in [0.29, 0.717) is 18.0 Å². The van der Waals surface area contributed by atoms with Crippen molar-refractivity contribution >= 4 is 27.5 Å². The van der Waals surface area contributed by atoms with Crippen molar-refractivity contribution in [1.82, 2.24) is 0 Å². The number of carbonyl (C=O) groups is 1. The summed E-state index contributed by atoms with van der Waals surface area (Å²) in [5, 5.41) is 2.82. The number of hydrogen-bond acceptors (Lipinski definition) is 3. The molecule has 0 fully saturated rings.